The fourth-order valence-corrected chi connectivity index (χ4v) is 2.96. The molecule has 0 unspecified atom stereocenters. The van der Waals surface area contributed by atoms with Gasteiger partial charge in [0, 0.05) is 24.8 Å². The van der Waals surface area contributed by atoms with Gasteiger partial charge in [0.05, 0.1) is 15.1 Å². The van der Waals surface area contributed by atoms with Crippen molar-refractivity contribution in [2.24, 2.45) is 0 Å². The third-order valence-electron chi connectivity index (χ3n) is 3.30. The van der Waals surface area contributed by atoms with Gasteiger partial charge in [-0.2, -0.15) is 0 Å². The maximum atomic E-state index is 11.9. The van der Waals surface area contributed by atoms with Crippen molar-refractivity contribution in [1.29, 1.82) is 0 Å². The third-order valence-corrected chi connectivity index (χ3v) is 4.30. The average Bonchev–Trinajstić information content (AvgIpc) is 3.01. The van der Waals surface area contributed by atoms with Gasteiger partial charge in [-0.1, -0.05) is 24.3 Å². The number of carbonyl (C=O) groups excluding carboxylic acids is 1. The molecule has 0 saturated carbocycles. The lowest BCUT2D eigenvalue weighted by atomic mass is 10.2. The Kier molecular flexibility index (Phi) is 4.62. The zero-order valence-corrected chi connectivity index (χ0v) is 13.3. The van der Waals surface area contributed by atoms with Gasteiger partial charge in [0.15, 0.2) is 0 Å². The summed E-state index contributed by atoms with van der Waals surface area (Å²) >= 11 is 1.52. The smallest absolute Gasteiger partial charge is 0.269 e. The minimum absolute atomic E-state index is 0.0285. The van der Waals surface area contributed by atoms with Gasteiger partial charge in [-0.25, -0.2) is 4.98 Å². The largest absolute Gasteiger partial charge is 0.348 e. The van der Waals surface area contributed by atoms with Crippen molar-refractivity contribution in [3.8, 4) is 0 Å². The van der Waals surface area contributed by atoms with Crippen molar-refractivity contribution in [3.63, 3.8) is 0 Å². The Morgan fingerprint density at radius 1 is 1.21 bits per heavy atom. The van der Waals surface area contributed by atoms with Crippen molar-refractivity contribution < 1.29 is 9.72 Å². The molecule has 0 fully saturated rings. The zero-order chi connectivity index (χ0) is 16.9. The number of nitrogens with one attached hydrogen (secondary N) is 1. The summed E-state index contributed by atoms with van der Waals surface area (Å²) in [5.74, 6) is -0.243. The summed E-state index contributed by atoms with van der Waals surface area (Å²) in [6.07, 6.45) is 3.11. The number of fused-ring (bicyclic) bond motifs is 1. The van der Waals surface area contributed by atoms with Crippen LogP contribution in [0.5, 0.6) is 0 Å². The Bertz CT molecular complexity index is 883. The van der Waals surface area contributed by atoms with Crippen molar-refractivity contribution in [1.82, 2.24) is 10.3 Å². The molecule has 1 amide bonds. The topological polar surface area (TPSA) is 85.1 Å². The maximum absolute atomic E-state index is 11.9. The molecule has 3 aromatic rings. The molecule has 0 aliphatic heterocycles. The number of carbonyl (C=O) groups is 1. The molecular weight excluding hydrogens is 326 g/mol. The van der Waals surface area contributed by atoms with Gasteiger partial charge in [-0.05, 0) is 23.8 Å². The fraction of sp³-hybridized carbons (Fsp3) is 0.0588. The molecule has 2 aromatic carbocycles. The molecule has 7 heteroatoms. The number of nitrogens with zero attached hydrogens (tertiary/aromatic N) is 2. The zero-order valence-electron chi connectivity index (χ0n) is 12.5. The average molecular weight is 339 g/mol. The number of benzene rings is 2. The van der Waals surface area contributed by atoms with Crippen LogP contribution in [0.1, 0.15) is 10.6 Å². The van der Waals surface area contributed by atoms with Gasteiger partial charge in [0.25, 0.3) is 5.69 Å². The third kappa shape index (κ3) is 3.82. The second-order valence-electron chi connectivity index (χ2n) is 4.99. The van der Waals surface area contributed by atoms with E-state index in [1.165, 1.54) is 29.5 Å². The van der Waals surface area contributed by atoms with Gasteiger partial charge in [-0.3, -0.25) is 14.9 Å². The highest BCUT2D eigenvalue weighted by atomic mass is 32.1. The second-order valence-corrected chi connectivity index (χ2v) is 6.06. The quantitative estimate of drug-likeness (QED) is 0.438. The molecule has 0 spiro atoms. The number of rotatable bonds is 5. The summed E-state index contributed by atoms with van der Waals surface area (Å²) in [5, 5.41) is 14.1. The Balaban J connectivity index is 1.57. The van der Waals surface area contributed by atoms with E-state index in [4.69, 9.17) is 0 Å². The van der Waals surface area contributed by atoms with Crippen LogP contribution >= 0.6 is 11.3 Å². The highest BCUT2D eigenvalue weighted by molar-refractivity contribution is 7.19. The molecule has 0 atom stereocenters. The first-order valence-electron chi connectivity index (χ1n) is 7.16. The minimum atomic E-state index is -0.455. The number of para-hydroxylation sites is 1. The first kappa shape index (κ1) is 15.8. The van der Waals surface area contributed by atoms with E-state index in [2.05, 4.69) is 10.3 Å². The van der Waals surface area contributed by atoms with Crippen LogP contribution in [0.15, 0.2) is 54.6 Å². The number of nitro groups is 1. The van der Waals surface area contributed by atoms with E-state index in [1.807, 2.05) is 24.3 Å². The van der Waals surface area contributed by atoms with Gasteiger partial charge in [0.1, 0.15) is 5.01 Å². The van der Waals surface area contributed by atoms with Crippen LogP contribution < -0.4 is 5.32 Å². The number of thiazole rings is 1. The van der Waals surface area contributed by atoms with E-state index in [9.17, 15) is 14.9 Å². The molecule has 120 valence electrons. The number of hydrogen-bond acceptors (Lipinski definition) is 5. The molecule has 24 heavy (non-hydrogen) atoms. The van der Waals surface area contributed by atoms with Crippen LogP contribution in [0.25, 0.3) is 16.3 Å². The van der Waals surface area contributed by atoms with Gasteiger partial charge in [0.2, 0.25) is 5.91 Å². The van der Waals surface area contributed by atoms with E-state index in [0.717, 1.165) is 20.8 Å². The normalized spacial score (nSPS) is 11.0. The lowest BCUT2D eigenvalue weighted by molar-refractivity contribution is -0.384. The predicted octanol–water partition coefficient (Wildman–Crippen LogP) is 3.53. The SMILES string of the molecule is O=C(/C=C/c1nc2ccccc2s1)NCc1ccc([N+](=O)[O-])cc1. The molecule has 1 heterocycles. The molecule has 0 saturated heterocycles. The van der Waals surface area contributed by atoms with E-state index in [0.29, 0.717) is 6.54 Å². The summed E-state index contributed by atoms with van der Waals surface area (Å²) < 4.78 is 1.07. The number of hydrogen-bond donors (Lipinski definition) is 1. The summed E-state index contributed by atoms with van der Waals surface area (Å²) in [7, 11) is 0. The standard InChI is InChI=1S/C17H13N3O3S/c21-16(18-11-12-5-7-13(8-6-12)20(22)23)9-10-17-19-14-3-1-2-4-15(14)24-17/h1-10H,11H2,(H,18,21)/b10-9+. The second kappa shape index (κ2) is 7.01. The van der Waals surface area contributed by atoms with Crippen LogP contribution in [0.2, 0.25) is 0 Å². The van der Waals surface area contributed by atoms with Crippen LogP contribution in [0.4, 0.5) is 5.69 Å². The Hall–Kier alpha value is -3.06. The number of non-ortho nitro benzene ring substituents is 1. The lowest BCUT2D eigenvalue weighted by Gasteiger charge is -2.02. The maximum Gasteiger partial charge on any atom is 0.269 e. The Morgan fingerprint density at radius 3 is 2.67 bits per heavy atom. The summed E-state index contributed by atoms with van der Waals surface area (Å²) in [4.78, 5) is 26.4. The van der Waals surface area contributed by atoms with Gasteiger partial charge >= 0.3 is 0 Å². The molecule has 0 aliphatic carbocycles. The molecule has 0 radical (unpaired) electrons. The van der Waals surface area contributed by atoms with Crippen LogP contribution in [-0.2, 0) is 11.3 Å². The van der Waals surface area contributed by atoms with E-state index in [1.54, 1.807) is 18.2 Å². The van der Waals surface area contributed by atoms with E-state index >= 15 is 0 Å². The Morgan fingerprint density at radius 2 is 1.96 bits per heavy atom. The molecule has 6 nitrogen and oxygen atoms in total. The summed E-state index contributed by atoms with van der Waals surface area (Å²) in [5.41, 5.74) is 1.73. The van der Waals surface area contributed by atoms with E-state index < -0.39 is 4.92 Å². The van der Waals surface area contributed by atoms with Crippen LogP contribution in [0, 0.1) is 10.1 Å². The monoisotopic (exact) mass is 339 g/mol. The molecule has 3 rings (SSSR count). The first-order chi connectivity index (χ1) is 11.6. The molecule has 0 bridgehead atoms. The molecular formula is C17H13N3O3S. The van der Waals surface area contributed by atoms with E-state index in [-0.39, 0.29) is 11.6 Å². The van der Waals surface area contributed by atoms with Crippen molar-refractivity contribution in [3.05, 3.63) is 75.3 Å². The number of nitro benzene ring substituents is 1. The van der Waals surface area contributed by atoms with Crippen molar-refractivity contribution >= 4 is 39.2 Å². The molecule has 0 aliphatic rings. The minimum Gasteiger partial charge on any atom is -0.348 e. The molecule has 1 N–H and O–H groups in total. The number of aromatic nitrogens is 1. The van der Waals surface area contributed by atoms with Crippen molar-refractivity contribution in [2.45, 2.75) is 6.54 Å². The predicted molar refractivity (Wildman–Crippen MR) is 93.6 cm³/mol. The van der Waals surface area contributed by atoms with Crippen LogP contribution in [0.3, 0.4) is 0 Å². The number of amides is 1. The van der Waals surface area contributed by atoms with Crippen LogP contribution in [-0.4, -0.2) is 15.8 Å². The Labute approximate surface area is 141 Å². The van der Waals surface area contributed by atoms with Crippen molar-refractivity contribution in [2.75, 3.05) is 0 Å². The lowest BCUT2D eigenvalue weighted by Crippen LogP contribution is -2.20. The fourth-order valence-electron chi connectivity index (χ4n) is 2.09. The van der Waals surface area contributed by atoms with Gasteiger partial charge in [-0.15, -0.1) is 11.3 Å². The summed E-state index contributed by atoms with van der Waals surface area (Å²) in [6.45, 7) is 0.307. The first-order valence-corrected chi connectivity index (χ1v) is 7.98. The summed E-state index contributed by atoms with van der Waals surface area (Å²) in [6, 6.07) is 13.9. The molecule has 1 aromatic heterocycles. The van der Waals surface area contributed by atoms with Gasteiger partial charge < -0.3 is 5.32 Å². The highest BCUT2D eigenvalue weighted by Gasteiger charge is 2.05. The highest BCUT2D eigenvalue weighted by Crippen LogP contribution is 2.22.